The lowest BCUT2D eigenvalue weighted by Crippen LogP contribution is -2.44. The van der Waals surface area contributed by atoms with E-state index in [9.17, 15) is 14.4 Å². The molecule has 2 amide bonds. The average Bonchev–Trinajstić information content (AvgIpc) is 2.85. The smallest absolute Gasteiger partial charge is 0.417 e. The second-order valence-corrected chi connectivity index (χ2v) is 6.69. The highest BCUT2D eigenvalue weighted by molar-refractivity contribution is 6.06. The van der Waals surface area contributed by atoms with Crippen LogP contribution >= 0.6 is 0 Å². The number of allylic oxidation sites excluding steroid dienone is 3. The maximum Gasteiger partial charge on any atom is 0.417 e. The Kier molecular flexibility index (Phi) is 5.74. The average molecular weight is 319 g/mol. The van der Waals surface area contributed by atoms with Gasteiger partial charge in [-0.25, -0.2) is 9.69 Å². The van der Waals surface area contributed by atoms with E-state index in [-0.39, 0.29) is 24.3 Å². The number of Topliss-reactive ketones (excluding diaryl/α,β-unsaturated/α-hetero) is 1. The lowest BCUT2D eigenvalue weighted by molar-refractivity contribution is -0.139. The van der Waals surface area contributed by atoms with E-state index < -0.39 is 17.9 Å². The number of hydrogen-bond acceptors (Lipinski definition) is 4. The van der Waals surface area contributed by atoms with Crippen molar-refractivity contribution < 1.29 is 19.1 Å². The molecule has 0 aromatic rings. The van der Waals surface area contributed by atoms with Crippen LogP contribution in [-0.2, 0) is 14.3 Å². The zero-order valence-electron chi connectivity index (χ0n) is 14.1. The van der Waals surface area contributed by atoms with E-state index in [2.05, 4.69) is 12.2 Å². The molecule has 1 fully saturated rings. The predicted octanol–water partition coefficient (Wildman–Crippen LogP) is 3.25. The number of ketones is 1. The van der Waals surface area contributed by atoms with E-state index in [1.54, 1.807) is 0 Å². The van der Waals surface area contributed by atoms with Gasteiger partial charge < -0.3 is 4.74 Å². The van der Waals surface area contributed by atoms with Gasteiger partial charge in [-0.15, -0.1) is 0 Å². The summed E-state index contributed by atoms with van der Waals surface area (Å²) in [7, 11) is 0. The fourth-order valence-corrected chi connectivity index (χ4v) is 3.05. The van der Waals surface area contributed by atoms with Crippen LogP contribution in [-0.4, -0.2) is 35.3 Å². The highest BCUT2D eigenvalue weighted by Crippen LogP contribution is 2.26. The van der Waals surface area contributed by atoms with Crippen LogP contribution < -0.4 is 0 Å². The number of carbonyl (C=O) groups excluding carboxylic acids is 3. The van der Waals surface area contributed by atoms with Gasteiger partial charge in [0.15, 0.2) is 0 Å². The molecule has 0 spiro atoms. The van der Waals surface area contributed by atoms with Crippen molar-refractivity contribution in [2.24, 2.45) is 11.8 Å². The summed E-state index contributed by atoms with van der Waals surface area (Å²) in [5.74, 6) is -1.18. The SMILES string of the molecule is CC(=O)[C@@H](CC(C)C)C(=O)N1C(=O)OC[C@@H]1CC1=CCCC=C1. The molecule has 0 aromatic carbocycles. The summed E-state index contributed by atoms with van der Waals surface area (Å²) in [5, 5.41) is 0. The molecule has 2 rings (SSSR count). The van der Waals surface area contributed by atoms with Crippen molar-refractivity contribution in [3.63, 3.8) is 0 Å². The van der Waals surface area contributed by atoms with Gasteiger partial charge in [-0.2, -0.15) is 0 Å². The molecule has 1 heterocycles. The topological polar surface area (TPSA) is 63.7 Å². The van der Waals surface area contributed by atoms with Crippen LogP contribution in [0, 0.1) is 11.8 Å². The van der Waals surface area contributed by atoms with E-state index in [4.69, 9.17) is 4.74 Å². The second kappa shape index (κ2) is 7.57. The molecule has 126 valence electrons. The predicted molar refractivity (Wildman–Crippen MR) is 86.7 cm³/mol. The first-order valence-electron chi connectivity index (χ1n) is 8.26. The molecule has 5 heteroatoms. The number of ether oxygens (including phenoxy) is 1. The number of hydrogen-bond donors (Lipinski definition) is 0. The van der Waals surface area contributed by atoms with Gasteiger partial charge in [0.25, 0.3) is 0 Å². The summed E-state index contributed by atoms with van der Waals surface area (Å²) in [5.41, 5.74) is 1.11. The van der Waals surface area contributed by atoms with Crippen molar-refractivity contribution in [1.29, 1.82) is 0 Å². The van der Waals surface area contributed by atoms with Gasteiger partial charge in [0.1, 0.15) is 12.4 Å². The molecular formula is C18H25NO4. The molecule has 5 nitrogen and oxygen atoms in total. The zero-order valence-corrected chi connectivity index (χ0v) is 14.1. The monoisotopic (exact) mass is 319 g/mol. The van der Waals surface area contributed by atoms with E-state index in [1.165, 1.54) is 6.92 Å². The van der Waals surface area contributed by atoms with Gasteiger partial charge in [0, 0.05) is 0 Å². The maximum atomic E-state index is 12.8. The first-order chi connectivity index (χ1) is 10.9. The zero-order chi connectivity index (χ0) is 17.0. The van der Waals surface area contributed by atoms with Gasteiger partial charge in [-0.05, 0) is 38.5 Å². The van der Waals surface area contributed by atoms with Crippen LogP contribution in [0.15, 0.2) is 23.8 Å². The Hall–Kier alpha value is -1.91. The van der Waals surface area contributed by atoms with E-state index in [1.807, 2.05) is 19.9 Å². The standard InChI is InChI=1S/C18H25NO4/c1-12(2)9-16(13(3)20)17(21)19-15(11-23-18(19)22)10-14-7-5-4-6-8-14/h5,7-8,12,15-16H,4,6,9-11H2,1-3H3/t15-,16+/m0/s1. The van der Waals surface area contributed by atoms with Gasteiger partial charge in [-0.1, -0.05) is 37.6 Å². The molecule has 1 aliphatic heterocycles. The molecule has 2 aliphatic rings. The van der Waals surface area contributed by atoms with Crippen molar-refractivity contribution in [3.05, 3.63) is 23.8 Å². The lowest BCUT2D eigenvalue weighted by Gasteiger charge is -2.25. The van der Waals surface area contributed by atoms with Crippen LogP contribution in [0.25, 0.3) is 0 Å². The molecule has 0 unspecified atom stereocenters. The second-order valence-electron chi connectivity index (χ2n) is 6.69. The first-order valence-corrected chi connectivity index (χ1v) is 8.26. The number of cyclic esters (lactones) is 1. The number of amides is 2. The van der Waals surface area contributed by atoms with E-state index in [0.29, 0.717) is 12.8 Å². The summed E-state index contributed by atoms with van der Waals surface area (Å²) >= 11 is 0. The molecular weight excluding hydrogens is 294 g/mol. The summed E-state index contributed by atoms with van der Waals surface area (Å²) in [4.78, 5) is 37.8. The van der Waals surface area contributed by atoms with E-state index >= 15 is 0 Å². The van der Waals surface area contributed by atoms with Crippen molar-refractivity contribution in [2.45, 2.75) is 52.5 Å². The third-order valence-electron chi connectivity index (χ3n) is 4.24. The molecule has 1 saturated heterocycles. The molecule has 23 heavy (non-hydrogen) atoms. The summed E-state index contributed by atoms with van der Waals surface area (Å²) < 4.78 is 5.08. The fraction of sp³-hybridized carbons (Fsp3) is 0.611. The van der Waals surface area contributed by atoms with E-state index in [0.717, 1.165) is 23.3 Å². The van der Waals surface area contributed by atoms with Gasteiger partial charge in [0.2, 0.25) is 5.91 Å². The molecule has 0 N–H and O–H groups in total. The largest absolute Gasteiger partial charge is 0.447 e. The van der Waals surface area contributed by atoms with Crippen molar-refractivity contribution in [3.8, 4) is 0 Å². The van der Waals surface area contributed by atoms with Crippen LogP contribution in [0.3, 0.4) is 0 Å². The van der Waals surface area contributed by atoms with Crippen molar-refractivity contribution in [2.75, 3.05) is 6.61 Å². The third-order valence-corrected chi connectivity index (χ3v) is 4.24. The molecule has 1 aliphatic carbocycles. The Balaban J connectivity index is 2.14. The molecule has 0 bridgehead atoms. The normalized spacial score (nSPS) is 22.1. The van der Waals surface area contributed by atoms with Crippen molar-refractivity contribution in [1.82, 2.24) is 4.90 Å². The number of imide groups is 1. The maximum absolute atomic E-state index is 12.8. The Bertz CT molecular complexity index is 547. The number of nitrogens with zero attached hydrogens (tertiary/aromatic N) is 1. The fourth-order valence-electron chi connectivity index (χ4n) is 3.05. The van der Waals surface area contributed by atoms with Gasteiger partial charge >= 0.3 is 6.09 Å². The number of rotatable bonds is 6. The first kappa shape index (κ1) is 17.4. The van der Waals surface area contributed by atoms with Gasteiger partial charge in [-0.3, -0.25) is 9.59 Å². The summed E-state index contributed by atoms with van der Waals surface area (Å²) in [6, 6.07) is -0.321. The Morgan fingerprint density at radius 2 is 2.09 bits per heavy atom. The summed E-state index contributed by atoms with van der Waals surface area (Å²) in [6.07, 6.45) is 8.66. The van der Waals surface area contributed by atoms with Crippen LogP contribution in [0.4, 0.5) is 4.79 Å². The lowest BCUT2D eigenvalue weighted by atomic mass is 9.91. The minimum Gasteiger partial charge on any atom is -0.447 e. The molecule has 2 atom stereocenters. The highest BCUT2D eigenvalue weighted by Gasteiger charge is 2.42. The Morgan fingerprint density at radius 3 is 2.65 bits per heavy atom. The minimum atomic E-state index is -0.765. The highest BCUT2D eigenvalue weighted by atomic mass is 16.6. The molecule has 0 saturated carbocycles. The van der Waals surface area contributed by atoms with Crippen molar-refractivity contribution >= 4 is 17.8 Å². The molecule has 0 radical (unpaired) electrons. The summed E-state index contributed by atoms with van der Waals surface area (Å²) in [6.45, 7) is 5.52. The minimum absolute atomic E-state index is 0.195. The van der Waals surface area contributed by atoms with Gasteiger partial charge in [0.05, 0.1) is 12.0 Å². The number of carbonyl (C=O) groups is 3. The van der Waals surface area contributed by atoms with Crippen LogP contribution in [0.1, 0.15) is 46.5 Å². The Morgan fingerprint density at radius 1 is 1.35 bits per heavy atom. The quantitative estimate of drug-likeness (QED) is 0.705. The third kappa shape index (κ3) is 4.30. The molecule has 0 aromatic heterocycles. The Labute approximate surface area is 137 Å². The van der Waals surface area contributed by atoms with Crippen LogP contribution in [0.2, 0.25) is 0 Å². The van der Waals surface area contributed by atoms with Crippen LogP contribution in [0.5, 0.6) is 0 Å².